The third kappa shape index (κ3) is 2.24. The minimum atomic E-state index is -4.37. The van der Waals surface area contributed by atoms with Gasteiger partial charge in [-0.15, -0.1) is 0 Å². The number of halogens is 3. The maximum atomic E-state index is 12.7. The van der Waals surface area contributed by atoms with Gasteiger partial charge in [-0.2, -0.15) is 13.2 Å². The van der Waals surface area contributed by atoms with Crippen LogP contribution in [0.4, 0.5) is 13.2 Å². The molecule has 0 atom stereocenters. The minimum Gasteiger partial charge on any atom is -0.504 e. The zero-order chi connectivity index (χ0) is 15.2. The number of phenols is 1. The Bertz CT molecular complexity index is 838. The van der Waals surface area contributed by atoms with Gasteiger partial charge < -0.3 is 9.84 Å². The second-order valence-electron chi connectivity index (χ2n) is 4.75. The number of hydrogen-bond donors (Lipinski definition) is 1. The van der Waals surface area contributed by atoms with Crippen molar-refractivity contribution in [2.45, 2.75) is 6.18 Å². The Balaban J connectivity index is 2.32. The molecule has 2 nitrogen and oxygen atoms in total. The van der Waals surface area contributed by atoms with Gasteiger partial charge in [0.1, 0.15) is 0 Å². The van der Waals surface area contributed by atoms with E-state index in [9.17, 15) is 18.3 Å². The van der Waals surface area contributed by atoms with Gasteiger partial charge in [-0.25, -0.2) is 0 Å². The number of alkyl halides is 3. The van der Waals surface area contributed by atoms with Crippen molar-refractivity contribution in [1.29, 1.82) is 0 Å². The summed E-state index contributed by atoms with van der Waals surface area (Å²) in [4.78, 5) is 0. The third-order valence-corrected chi connectivity index (χ3v) is 3.44. The summed E-state index contributed by atoms with van der Waals surface area (Å²) in [6.07, 6.45) is -4.37. The molecule has 0 saturated heterocycles. The molecule has 0 aliphatic carbocycles. The molecule has 0 bridgehead atoms. The van der Waals surface area contributed by atoms with E-state index in [1.165, 1.54) is 19.2 Å². The predicted molar refractivity (Wildman–Crippen MR) is 74.7 cm³/mol. The predicted octanol–water partition coefficient (Wildman–Crippen LogP) is 4.73. The molecule has 0 spiro atoms. The van der Waals surface area contributed by atoms with Crippen molar-refractivity contribution in [3.63, 3.8) is 0 Å². The van der Waals surface area contributed by atoms with Gasteiger partial charge in [-0.05, 0) is 46.5 Å². The number of phenolic OH excluding ortho intramolecular Hbond substituents is 1. The molecule has 0 aliphatic rings. The van der Waals surface area contributed by atoms with Gasteiger partial charge in [-0.1, -0.05) is 12.1 Å². The van der Waals surface area contributed by atoms with Crippen molar-refractivity contribution in [2.75, 3.05) is 7.11 Å². The van der Waals surface area contributed by atoms with Crippen LogP contribution in [0.25, 0.3) is 21.5 Å². The van der Waals surface area contributed by atoms with Gasteiger partial charge in [-0.3, -0.25) is 0 Å². The highest BCUT2D eigenvalue weighted by molar-refractivity contribution is 6.02. The van der Waals surface area contributed by atoms with Gasteiger partial charge >= 0.3 is 6.18 Å². The van der Waals surface area contributed by atoms with Crippen LogP contribution in [0.1, 0.15) is 5.56 Å². The molecule has 0 fully saturated rings. The lowest BCUT2D eigenvalue weighted by atomic mass is 10.0. The molecule has 0 unspecified atom stereocenters. The fourth-order valence-corrected chi connectivity index (χ4v) is 2.42. The second kappa shape index (κ2) is 4.55. The fraction of sp³-hybridized carbons (Fsp3) is 0.125. The normalized spacial score (nSPS) is 12.0. The van der Waals surface area contributed by atoms with Crippen LogP contribution >= 0.6 is 0 Å². The molecule has 21 heavy (non-hydrogen) atoms. The molecule has 3 rings (SSSR count). The Morgan fingerprint density at radius 2 is 1.62 bits per heavy atom. The van der Waals surface area contributed by atoms with E-state index >= 15 is 0 Å². The maximum absolute atomic E-state index is 12.7. The molecule has 0 aliphatic heterocycles. The summed E-state index contributed by atoms with van der Waals surface area (Å²) in [7, 11) is 1.44. The SMILES string of the molecule is COc1c(O)ccc2cc3cc(C(F)(F)F)ccc3cc12. The Labute approximate surface area is 118 Å². The van der Waals surface area contributed by atoms with E-state index in [2.05, 4.69) is 0 Å². The van der Waals surface area contributed by atoms with Gasteiger partial charge in [0.2, 0.25) is 0 Å². The molecule has 3 aromatic carbocycles. The summed E-state index contributed by atoms with van der Waals surface area (Å²) < 4.78 is 43.4. The van der Waals surface area contributed by atoms with Crippen molar-refractivity contribution in [2.24, 2.45) is 0 Å². The third-order valence-electron chi connectivity index (χ3n) is 3.44. The number of hydrogen-bond acceptors (Lipinski definition) is 2. The average molecular weight is 292 g/mol. The van der Waals surface area contributed by atoms with E-state index in [-0.39, 0.29) is 5.75 Å². The largest absolute Gasteiger partial charge is 0.504 e. The zero-order valence-corrected chi connectivity index (χ0v) is 11.0. The Morgan fingerprint density at radius 3 is 2.29 bits per heavy atom. The quantitative estimate of drug-likeness (QED) is 0.657. The van der Waals surface area contributed by atoms with Crippen molar-refractivity contribution in [1.82, 2.24) is 0 Å². The summed E-state index contributed by atoms with van der Waals surface area (Å²) in [5.41, 5.74) is -0.680. The van der Waals surface area contributed by atoms with Crippen LogP contribution in [0.3, 0.4) is 0 Å². The van der Waals surface area contributed by atoms with Crippen molar-refractivity contribution in [3.05, 3.63) is 48.0 Å². The summed E-state index contributed by atoms with van der Waals surface area (Å²) in [6, 6.07) is 10.1. The average Bonchev–Trinajstić information content (AvgIpc) is 2.43. The van der Waals surface area contributed by atoms with Crippen LogP contribution in [0.2, 0.25) is 0 Å². The van der Waals surface area contributed by atoms with Crippen LogP contribution in [0.5, 0.6) is 11.5 Å². The number of benzene rings is 3. The number of ether oxygens (including phenoxy) is 1. The maximum Gasteiger partial charge on any atom is 0.416 e. The number of aromatic hydroxyl groups is 1. The highest BCUT2D eigenvalue weighted by Gasteiger charge is 2.30. The summed E-state index contributed by atoms with van der Waals surface area (Å²) in [6.45, 7) is 0. The van der Waals surface area contributed by atoms with Crippen molar-refractivity contribution in [3.8, 4) is 11.5 Å². The first-order chi connectivity index (χ1) is 9.90. The van der Waals surface area contributed by atoms with Crippen LogP contribution < -0.4 is 4.74 Å². The second-order valence-corrected chi connectivity index (χ2v) is 4.75. The minimum absolute atomic E-state index is 0.00346. The van der Waals surface area contributed by atoms with Crippen molar-refractivity contribution >= 4 is 21.5 Å². The number of fused-ring (bicyclic) bond motifs is 2. The molecular weight excluding hydrogens is 281 g/mol. The molecule has 0 amide bonds. The van der Waals surface area contributed by atoms with Gasteiger partial charge in [0.25, 0.3) is 0 Å². The van der Waals surface area contributed by atoms with Crippen LogP contribution in [0, 0.1) is 0 Å². The summed E-state index contributed by atoms with van der Waals surface area (Å²) >= 11 is 0. The van der Waals surface area contributed by atoms with E-state index in [4.69, 9.17) is 4.74 Å². The lowest BCUT2D eigenvalue weighted by Crippen LogP contribution is -2.04. The number of rotatable bonds is 1. The van der Waals surface area contributed by atoms with E-state index < -0.39 is 11.7 Å². The highest BCUT2D eigenvalue weighted by Crippen LogP contribution is 2.38. The first-order valence-electron chi connectivity index (χ1n) is 6.21. The standard InChI is InChI=1S/C16H11F3O2/c1-21-15-13-8-9-2-4-12(16(17,18)19)7-11(9)6-10(13)3-5-14(15)20/h2-8,20H,1H3. The summed E-state index contributed by atoms with van der Waals surface area (Å²) in [5.74, 6) is 0.311. The first-order valence-corrected chi connectivity index (χ1v) is 6.21. The van der Waals surface area contributed by atoms with E-state index in [0.29, 0.717) is 27.3 Å². The molecular formula is C16H11F3O2. The molecule has 1 N–H and O–H groups in total. The van der Waals surface area contributed by atoms with Gasteiger partial charge in [0.15, 0.2) is 11.5 Å². The molecule has 3 aromatic rings. The molecule has 0 radical (unpaired) electrons. The molecule has 0 heterocycles. The molecule has 0 saturated carbocycles. The smallest absolute Gasteiger partial charge is 0.416 e. The topological polar surface area (TPSA) is 29.5 Å². The van der Waals surface area contributed by atoms with Crippen LogP contribution in [-0.4, -0.2) is 12.2 Å². The molecule has 0 aromatic heterocycles. The zero-order valence-electron chi connectivity index (χ0n) is 11.0. The Hall–Kier alpha value is -2.43. The van der Waals surface area contributed by atoms with E-state index in [1.54, 1.807) is 18.2 Å². The lowest BCUT2D eigenvalue weighted by Gasteiger charge is -2.11. The van der Waals surface area contributed by atoms with E-state index in [1.807, 2.05) is 0 Å². The van der Waals surface area contributed by atoms with Gasteiger partial charge in [0, 0.05) is 5.39 Å². The monoisotopic (exact) mass is 292 g/mol. The fourth-order valence-electron chi connectivity index (χ4n) is 2.42. The first kappa shape index (κ1) is 13.5. The summed E-state index contributed by atoms with van der Waals surface area (Å²) in [5, 5.41) is 12.3. The molecule has 108 valence electrons. The van der Waals surface area contributed by atoms with E-state index in [0.717, 1.165) is 12.1 Å². The van der Waals surface area contributed by atoms with Crippen LogP contribution in [0.15, 0.2) is 42.5 Å². The van der Waals surface area contributed by atoms with Gasteiger partial charge in [0.05, 0.1) is 12.7 Å². The van der Waals surface area contributed by atoms with Crippen molar-refractivity contribution < 1.29 is 23.0 Å². The Kier molecular flexibility index (Phi) is 2.93. The number of methoxy groups -OCH3 is 1. The van der Waals surface area contributed by atoms with Crippen LogP contribution in [-0.2, 0) is 6.18 Å². The molecule has 5 heteroatoms. The Morgan fingerprint density at radius 1 is 0.905 bits per heavy atom. The highest BCUT2D eigenvalue weighted by atomic mass is 19.4. The lowest BCUT2D eigenvalue weighted by molar-refractivity contribution is -0.137.